The number of aliphatic hydroxyl groups excluding tert-OH is 1. The second-order valence-corrected chi connectivity index (χ2v) is 15.8. The van der Waals surface area contributed by atoms with Crippen LogP contribution in [0.4, 0.5) is 4.79 Å². The topological polar surface area (TPSA) is 152 Å². The van der Waals surface area contributed by atoms with Gasteiger partial charge in [0.05, 0.1) is 33.2 Å². The van der Waals surface area contributed by atoms with Gasteiger partial charge in [0.25, 0.3) is 11.8 Å². The van der Waals surface area contributed by atoms with E-state index in [9.17, 15) is 29.1 Å². The molecule has 0 saturated heterocycles. The largest absolute Gasteiger partial charge is 0.457 e. The van der Waals surface area contributed by atoms with Crippen molar-refractivity contribution in [3.05, 3.63) is 65.2 Å². The van der Waals surface area contributed by atoms with Crippen LogP contribution in [-0.4, -0.2) is 69.9 Å². The molecule has 0 bridgehead atoms. The molecule has 1 aromatic heterocycles. The second kappa shape index (κ2) is 18.6. The summed E-state index contributed by atoms with van der Waals surface area (Å²) < 4.78 is 13.0. The number of imide groups is 1. The van der Waals surface area contributed by atoms with E-state index in [1.165, 1.54) is 17.1 Å². The minimum Gasteiger partial charge on any atom is -0.457 e. The third-order valence-corrected chi connectivity index (χ3v) is 11.0. The summed E-state index contributed by atoms with van der Waals surface area (Å²) in [6.07, 6.45) is 6.92. The Kier molecular flexibility index (Phi) is 14.5. The van der Waals surface area contributed by atoms with E-state index in [2.05, 4.69) is 23.0 Å². The van der Waals surface area contributed by atoms with Crippen molar-refractivity contribution in [3.63, 3.8) is 0 Å². The molecule has 52 heavy (non-hydrogen) atoms. The first-order valence-electron chi connectivity index (χ1n) is 18.2. The number of unbranched alkanes of at least 4 members (excludes halogenated alkanes) is 2. The maximum absolute atomic E-state index is 14.3. The summed E-state index contributed by atoms with van der Waals surface area (Å²) in [6.45, 7) is 13.5. The number of rotatable bonds is 10. The molecule has 12 heteroatoms. The number of nitrogens with one attached hydrogen (secondary N) is 1. The third-order valence-electron chi connectivity index (χ3n) is 10.1. The molecule has 0 radical (unpaired) electrons. The van der Waals surface area contributed by atoms with E-state index in [1.807, 2.05) is 39.0 Å². The molecule has 1 aromatic carbocycles. The Morgan fingerprint density at radius 3 is 2.60 bits per heavy atom. The van der Waals surface area contributed by atoms with Gasteiger partial charge in [-0.3, -0.25) is 24.1 Å². The van der Waals surface area contributed by atoms with E-state index in [1.54, 1.807) is 31.3 Å². The number of hydrogen-bond donors (Lipinski definition) is 2. The summed E-state index contributed by atoms with van der Waals surface area (Å²) in [5, 5.41) is 15.1. The molecule has 2 aliphatic rings. The fourth-order valence-corrected chi connectivity index (χ4v) is 7.60. The van der Waals surface area contributed by atoms with Crippen molar-refractivity contribution in [2.24, 2.45) is 17.3 Å². The molecular formula is C40H53N3O8S. The van der Waals surface area contributed by atoms with Crippen LogP contribution in [0.25, 0.3) is 10.2 Å². The number of thiazole rings is 1. The highest BCUT2D eigenvalue weighted by Gasteiger charge is 2.46. The number of aromatic nitrogens is 1. The van der Waals surface area contributed by atoms with Crippen LogP contribution in [0.5, 0.6) is 0 Å². The van der Waals surface area contributed by atoms with Gasteiger partial charge in [0, 0.05) is 37.6 Å². The number of hydrogen-bond acceptors (Lipinski definition) is 10. The number of amides is 3. The van der Waals surface area contributed by atoms with E-state index >= 15 is 0 Å². The van der Waals surface area contributed by atoms with Crippen molar-refractivity contribution in [1.29, 1.82) is 0 Å². The van der Waals surface area contributed by atoms with Crippen LogP contribution in [0.15, 0.2) is 54.7 Å². The van der Waals surface area contributed by atoms with Crippen LogP contribution in [0.3, 0.4) is 0 Å². The minimum atomic E-state index is -1.38. The van der Waals surface area contributed by atoms with Gasteiger partial charge in [-0.25, -0.2) is 9.78 Å². The predicted octanol–water partition coefficient (Wildman–Crippen LogP) is 7.07. The van der Waals surface area contributed by atoms with Gasteiger partial charge in [0.1, 0.15) is 18.0 Å². The van der Waals surface area contributed by atoms with Crippen LogP contribution >= 0.6 is 11.3 Å². The van der Waals surface area contributed by atoms with Gasteiger partial charge in [-0.1, -0.05) is 30.7 Å². The highest BCUT2D eigenvalue weighted by molar-refractivity contribution is 7.18. The van der Waals surface area contributed by atoms with Crippen LogP contribution in [0, 0.1) is 24.2 Å². The third kappa shape index (κ3) is 10.7. The van der Waals surface area contributed by atoms with Gasteiger partial charge in [-0.15, -0.1) is 17.9 Å². The van der Waals surface area contributed by atoms with E-state index in [-0.39, 0.29) is 42.9 Å². The Hall–Kier alpha value is -4.16. The number of carbonyl (C=O) groups excluding carboxylic acids is 5. The zero-order valence-electron chi connectivity index (χ0n) is 31.0. The highest BCUT2D eigenvalue weighted by atomic mass is 32.1. The lowest BCUT2D eigenvalue weighted by molar-refractivity contribution is -0.156. The first-order valence-corrected chi connectivity index (χ1v) is 19.1. The molecule has 4 rings (SSSR count). The molecule has 282 valence electrons. The number of esters is 1. The molecule has 5 atom stereocenters. The highest BCUT2D eigenvalue weighted by Crippen LogP contribution is 2.37. The molecule has 2 aliphatic heterocycles. The van der Waals surface area contributed by atoms with Crippen molar-refractivity contribution in [2.45, 2.75) is 111 Å². The number of ether oxygens (including phenoxy) is 2. The standard InChI is InChI=1S/C40H53N3O8S/c1-7-12-29-37(47)26(3)14-11-13-25(2)15-17-31(28-16-18-32-30(23-28)42-27(4)52-32)50-36(46)24-33(40(5,6)38(29)48)51-39(49)41-21-9-8-10-22-43-34(44)19-20-35(43)45/h7,15-16,18-20,23,26,29,31,33,37,47H,1,8-14,17,21-22,24H2,2-6H3,(H,41,49)/t26-,29+,31-,33-,37-/m0/s1. The van der Waals surface area contributed by atoms with Gasteiger partial charge in [0.15, 0.2) is 0 Å². The molecule has 3 heterocycles. The molecule has 2 N–H and O–H groups in total. The van der Waals surface area contributed by atoms with Crippen molar-refractivity contribution in [1.82, 2.24) is 15.2 Å². The van der Waals surface area contributed by atoms with Crippen molar-refractivity contribution in [3.8, 4) is 0 Å². The zero-order chi connectivity index (χ0) is 38.0. The first-order chi connectivity index (χ1) is 24.7. The summed E-state index contributed by atoms with van der Waals surface area (Å²) in [7, 11) is 0. The summed E-state index contributed by atoms with van der Waals surface area (Å²) >= 11 is 1.59. The predicted molar refractivity (Wildman–Crippen MR) is 200 cm³/mol. The number of alkyl carbamates (subject to hydrolysis) is 1. The van der Waals surface area contributed by atoms with Crippen LogP contribution in [-0.2, 0) is 28.7 Å². The molecule has 0 unspecified atom stereocenters. The fourth-order valence-electron chi connectivity index (χ4n) is 6.80. The van der Waals surface area contributed by atoms with Gasteiger partial charge in [-0.05, 0) is 96.3 Å². The summed E-state index contributed by atoms with van der Waals surface area (Å²) in [5.41, 5.74) is 1.37. The number of aliphatic hydroxyl groups is 1. The molecule has 2 aromatic rings. The average Bonchev–Trinajstić information content (AvgIpc) is 3.64. The Morgan fingerprint density at radius 1 is 1.15 bits per heavy atom. The summed E-state index contributed by atoms with van der Waals surface area (Å²) in [5.74, 6) is -2.63. The molecule has 0 spiro atoms. The van der Waals surface area contributed by atoms with Crippen LogP contribution in [0.2, 0.25) is 0 Å². The zero-order valence-corrected chi connectivity index (χ0v) is 31.8. The van der Waals surface area contributed by atoms with E-state index in [0.717, 1.165) is 39.2 Å². The fraction of sp³-hybridized carbons (Fsp3) is 0.550. The maximum Gasteiger partial charge on any atom is 0.407 e. The summed E-state index contributed by atoms with van der Waals surface area (Å²) in [4.78, 5) is 70.6. The van der Waals surface area contributed by atoms with E-state index in [4.69, 9.17) is 9.47 Å². The van der Waals surface area contributed by atoms with Crippen molar-refractivity contribution in [2.75, 3.05) is 13.1 Å². The lowest BCUT2D eigenvalue weighted by atomic mass is 9.71. The lowest BCUT2D eigenvalue weighted by Gasteiger charge is -2.37. The number of nitrogens with zero attached hydrogens (tertiary/aromatic N) is 2. The Labute approximate surface area is 310 Å². The van der Waals surface area contributed by atoms with Gasteiger partial charge >= 0.3 is 12.1 Å². The number of aryl methyl sites for hydroxylation is 1. The lowest BCUT2D eigenvalue weighted by Crippen LogP contribution is -2.49. The molecule has 0 fully saturated rings. The second-order valence-electron chi connectivity index (χ2n) is 14.5. The quantitative estimate of drug-likeness (QED) is 0.113. The van der Waals surface area contributed by atoms with E-state index < -0.39 is 41.7 Å². The van der Waals surface area contributed by atoms with Crippen LogP contribution in [0.1, 0.15) is 102 Å². The Morgan fingerprint density at radius 2 is 1.88 bits per heavy atom. The Bertz CT molecular complexity index is 1680. The molecule has 3 amide bonds. The van der Waals surface area contributed by atoms with Crippen molar-refractivity contribution < 1.29 is 38.6 Å². The normalized spacial score (nSPS) is 24.8. The summed E-state index contributed by atoms with van der Waals surface area (Å²) in [6, 6.07) is 5.86. The minimum absolute atomic E-state index is 0.183. The van der Waals surface area contributed by atoms with Gasteiger partial charge in [-0.2, -0.15) is 0 Å². The number of fused-ring (bicyclic) bond motifs is 1. The number of allylic oxidation sites excluding steroid dienone is 2. The molecule has 11 nitrogen and oxygen atoms in total. The maximum atomic E-state index is 14.3. The van der Waals surface area contributed by atoms with Crippen LogP contribution < -0.4 is 5.32 Å². The molecule has 0 aliphatic carbocycles. The number of carbonyl (C=O) groups is 5. The number of benzene rings is 1. The van der Waals surface area contributed by atoms with Crippen molar-refractivity contribution >= 4 is 51.2 Å². The Balaban J connectivity index is 1.54. The number of cyclic esters (lactones) is 1. The van der Waals surface area contributed by atoms with Gasteiger partial charge in [0.2, 0.25) is 0 Å². The smallest absolute Gasteiger partial charge is 0.407 e. The number of ketones is 1. The monoisotopic (exact) mass is 735 g/mol. The van der Waals surface area contributed by atoms with Gasteiger partial charge < -0.3 is 19.9 Å². The SMILES string of the molecule is C=CC[C@H]1C(=O)C(C)(C)[C@@H](OC(=O)NCCCCCN2C(=O)C=CC2=O)CC(=O)O[C@H](c2ccc3sc(C)nc3c2)CC=C(C)CCC[C@H](C)[C@@H]1O. The molecule has 0 saturated carbocycles. The average molecular weight is 736 g/mol. The van der Waals surface area contributed by atoms with E-state index in [0.29, 0.717) is 38.6 Å². The first kappa shape index (κ1) is 40.6. The molecular weight excluding hydrogens is 683 g/mol. The number of Topliss-reactive ketones (excluding diaryl/α,β-unsaturated/α-hetero) is 1.